The van der Waals surface area contributed by atoms with E-state index in [1.165, 1.54) is 12.8 Å². The Labute approximate surface area is 73.4 Å². The molecule has 0 radical (unpaired) electrons. The number of aliphatic carboxylic acids is 1. The first-order valence-corrected chi connectivity index (χ1v) is 4.49. The fourth-order valence-electron chi connectivity index (χ4n) is 1.81. The molecular formula is C9H17NO2. The average Bonchev–Trinajstić information content (AvgIpc) is 2.25. The van der Waals surface area contributed by atoms with Gasteiger partial charge in [0.2, 0.25) is 0 Å². The molecule has 0 unspecified atom stereocenters. The van der Waals surface area contributed by atoms with E-state index in [-0.39, 0.29) is 12.0 Å². The van der Waals surface area contributed by atoms with Crippen molar-refractivity contribution in [1.29, 1.82) is 0 Å². The van der Waals surface area contributed by atoms with Crippen LogP contribution in [0.25, 0.3) is 0 Å². The summed E-state index contributed by atoms with van der Waals surface area (Å²) in [5.74, 6) is -0.697. The summed E-state index contributed by atoms with van der Waals surface area (Å²) in [4.78, 5) is 12.6. The van der Waals surface area contributed by atoms with Crippen molar-refractivity contribution in [2.45, 2.75) is 38.6 Å². The molecule has 1 N–H and O–H groups in total. The van der Waals surface area contributed by atoms with Crippen LogP contribution in [0.3, 0.4) is 0 Å². The molecule has 70 valence electrons. The highest BCUT2D eigenvalue weighted by molar-refractivity contribution is 5.66. The monoisotopic (exact) mass is 171 g/mol. The topological polar surface area (TPSA) is 40.5 Å². The Hall–Kier alpha value is -0.570. The van der Waals surface area contributed by atoms with Crippen LogP contribution in [0.15, 0.2) is 0 Å². The molecule has 0 aromatic heterocycles. The van der Waals surface area contributed by atoms with Crippen LogP contribution in [0.2, 0.25) is 0 Å². The van der Waals surface area contributed by atoms with Crippen molar-refractivity contribution in [2.24, 2.45) is 0 Å². The SMILES string of the molecule is CC1(C)CCCN1CCC(=O)O. The molecule has 0 aromatic rings. The van der Waals surface area contributed by atoms with E-state index in [9.17, 15) is 4.79 Å². The molecule has 3 nitrogen and oxygen atoms in total. The van der Waals surface area contributed by atoms with Crippen LogP contribution in [-0.2, 0) is 4.79 Å². The number of likely N-dealkylation sites (tertiary alicyclic amines) is 1. The molecule has 0 aromatic carbocycles. The normalized spacial score (nSPS) is 22.8. The van der Waals surface area contributed by atoms with Gasteiger partial charge in [-0.1, -0.05) is 0 Å². The summed E-state index contributed by atoms with van der Waals surface area (Å²) in [6.07, 6.45) is 2.66. The highest BCUT2D eigenvalue weighted by atomic mass is 16.4. The number of carboxylic acids is 1. The van der Waals surface area contributed by atoms with Crippen LogP contribution in [0.1, 0.15) is 33.1 Å². The number of nitrogens with zero attached hydrogens (tertiary/aromatic N) is 1. The van der Waals surface area contributed by atoms with Crippen LogP contribution < -0.4 is 0 Å². The Morgan fingerprint density at radius 1 is 1.58 bits per heavy atom. The minimum atomic E-state index is -0.697. The third-order valence-electron chi connectivity index (χ3n) is 2.67. The van der Waals surface area contributed by atoms with E-state index in [0.29, 0.717) is 6.54 Å². The van der Waals surface area contributed by atoms with Gasteiger partial charge in [-0.15, -0.1) is 0 Å². The van der Waals surface area contributed by atoms with Gasteiger partial charge in [-0.2, -0.15) is 0 Å². The molecule has 1 saturated heterocycles. The van der Waals surface area contributed by atoms with E-state index < -0.39 is 5.97 Å². The molecule has 1 aliphatic heterocycles. The highest BCUT2D eigenvalue weighted by Gasteiger charge is 2.31. The molecule has 12 heavy (non-hydrogen) atoms. The number of carbonyl (C=O) groups is 1. The molecule has 0 saturated carbocycles. The van der Waals surface area contributed by atoms with Crippen LogP contribution >= 0.6 is 0 Å². The van der Waals surface area contributed by atoms with Crippen LogP contribution in [-0.4, -0.2) is 34.6 Å². The zero-order valence-electron chi connectivity index (χ0n) is 7.84. The lowest BCUT2D eigenvalue weighted by atomic mass is 10.0. The van der Waals surface area contributed by atoms with E-state index in [1.807, 2.05) is 0 Å². The first-order chi connectivity index (χ1) is 5.52. The molecule has 1 aliphatic rings. The summed E-state index contributed by atoms with van der Waals surface area (Å²) in [5.41, 5.74) is 0.218. The van der Waals surface area contributed by atoms with Crippen molar-refractivity contribution in [1.82, 2.24) is 4.90 Å². The van der Waals surface area contributed by atoms with Crippen molar-refractivity contribution in [3.05, 3.63) is 0 Å². The van der Waals surface area contributed by atoms with Crippen molar-refractivity contribution < 1.29 is 9.90 Å². The Bertz CT molecular complexity index is 177. The lowest BCUT2D eigenvalue weighted by molar-refractivity contribution is -0.137. The minimum absolute atomic E-state index is 0.218. The average molecular weight is 171 g/mol. The predicted octanol–water partition coefficient (Wildman–Crippen LogP) is 1.34. The second kappa shape index (κ2) is 3.44. The van der Waals surface area contributed by atoms with Gasteiger partial charge in [0.1, 0.15) is 0 Å². The Morgan fingerprint density at radius 3 is 2.67 bits per heavy atom. The summed E-state index contributed by atoms with van der Waals surface area (Å²) in [6.45, 7) is 6.12. The lowest BCUT2D eigenvalue weighted by Crippen LogP contribution is -2.39. The van der Waals surface area contributed by atoms with Gasteiger partial charge in [0.25, 0.3) is 0 Å². The predicted molar refractivity (Wildman–Crippen MR) is 47.1 cm³/mol. The van der Waals surface area contributed by atoms with E-state index in [1.54, 1.807) is 0 Å². The fraction of sp³-hybridized carbons (Fsp3) is 0.889. The van der Waals surface area contributed by atoms with Crippen LogP contribution in [0, 0.1) is 0 Å². The number of hydrogen-bond acceptors (Lipinski definition) is 2. The maximum absolute atomic E-state index is 10.3. The van der Waals surface area contributed by atoms with E-state index >= 15 is 0 Å². The van der Waals surface area contributed by atoms with Gasteiger partial charge in [0, 0.05) is 12.1 Å². The first-order valence-electron chi connectivity index (χ1n) is 4.49. The summed E-state index contributed by atoms with van der Waals surface area (Å²) in [6, 6.07) is 0. The fourth-order valence-corrected chi connectivity index (χ4v) is 1.81. The number of rotatable bonds is 3. The highest BCUT2D eigenvalue weighted by Crippen LogP contribution is 2.27. The Morgan fingerprint density at radius 2 is 2.25 bits per heavy atom. The van der Waals surface area contributed by atoms with Gasteiger partial charge < -0.3 is 5.11 Å². The molecular weight excluding hydrogens is 154 g/mol. The van der Waals surface area contributed by atoms with Crippen LogP contribution in [0.4, 0.5) is 0 Å². The Kier molecular flexibility index (Phi) is 2.73. The van der Waals surface area contributed by atoms with E-state index in [4.69, 9.17) is 5.11 Å². The Balaban J connectivity index is 2.36. The number of carboxylic acid groups (broad SMARTS) is 1. The standard InChI is InChI=1S/C9H17NO2/c1-9(2)5-3-6-10(9)7-4-8(11)12/h3-7H2,1-2H3,(H,11,12). The molecule has 0 spiro atoms. The summed E-state index contributed by atoms with van der Waals surface area (Å²) in [5, 5.41) is 8.52. The van der Waals surface area contributed by atoms with Crippen molar-refractivity contribution in [3.63, 3.8) is 0 Å². The maximum atomic E-state index is 10.3. The molecule has 1 rings (SSSR count). The number of hydrogen-bond donors (Lipinski definition) is 1. The maximum Gasteiger partial charge on any atom is 0.304 e. The van der Waals surface area contributed by atoms with Crippen molar-refractivity contribution in [3.8, 4) is 0 Å². The van der Waals surface area contributed by atoms with Crippen LogP contribution in [0.5, 0.6) is 0 Å². The smallest absolute Gasteiger partial charge is 0.304 e. The second-order valence-electron chi connectivity index (χ2n) is 4.05. The van der Waals surface area contributed by atoms with Gasteiger partial charge in [0.05, 0.1) is 6.42 Å². The molecule has 0 aliphatic carbocycles. The van der Waals surface area contributed by atoms with Gasteiger partial charge in [-0.05, 0) is 33.2 Å². The van der Waals surface area contributed by atoms with E-state index in [2.05, 4.69) is 18.7 Å². The van der Waals surface area contributed by atoms with Crippen molar-refractivity contribution >= 4 is 5.97 Å². The second-order valence-corrected chi connectivity index (χ2v) is 4.05. The summed E-state index contributed by atoms with van der Waals surface area (Å²) < 4.78 is 0. The largest absolute Gasteiger partial charge is 0.481 e. The quantitative estimate of drug-likeness (QED) is 0.696. The third kappa shape index (κ3) is 2.21. The zero-order valence-corrected chi connectivity index (χ0v) is 7.84. The molecule has 3 heteroatoms. The molecule has 0 amide bonds. The van der Waals surface area contributed by atoms with Crippen molar-refractivity contribution in [2.75, 3.05) is 13.1 Å². The third-order valence-corrected chi connectivity index (χ3v) is 2.67. The van der Waals surface area contributed by atoms with E-state index in [0.717, 1.165) is 6.54 Å². The molecule has 1 fully saturated rings. The van der Waals surface area contributed by atoms with Gasteiger partial charge in [-0.25, -0.2) is 0 Å². The molecule has 1 heterocycles. The lowest BCUT2D eigenvalue weighted by Gasteiger charge is -2.30. The zero-order chi connectivity index (χ0) is 9.19. The molecule has 0 bridgehead atoms. The van der Waals surface area contributed by atoms with Gasteiger partial charge in [0.15, 0.2) is 0 Å². The molecule has 0 atom stereocenters. The van der Waals surface area contributed by atoms with Gasteiger partial charge >= 0.3 is 5.97 Å². The summed E-state index contributed by atoms with van der Waals surface area (Å²) in [7, 11) is 0. The minimum Gasteiger partial charge on any atom is -0.481 e. The first kappa shape index (κ1) is 9.52. The van der Waals surface area contributed by atoms with Gasteiger partial charge in [-0.3, -0.25) is 9.69 Å². The summed E-state index contributed by atoms with van der Waals surface area (Å²) >= 11 is 0.